The molecule has 18 heavy (non-hydrogen) atoms. The van der Waals surface area contributed by atoms with Gasteiger partial charge in [-0.15, -0.1) is 0 Å². The first-order valence-corrected chi connectivity index (χ1v) is 5.88. The molecule has 0 aliphatic heterocycles. The third-order valence-corrected chi connectivity index (χ3v) is 2.72. The summed E-state index contributed by atoms with van der Waals surface area (Å²) in [5.74, 6) is -0.258. The second-order valence-corrected chi connectivity index (χ2v) is 4.11. The normalized spacial score (nSPS) is 10.6. The quantitative estimate of drug-likeness (QED) is 0.878. The SMILES string of the molecule is NCc1ccc(COCc2ccccc2)c(F)c1. The van der Waals surface area contributed by atoms with E-state index in [1.807, 2.05) is 36.4 Å². The van der Waals surface area contributed by atoms with Crippen LogP contribution in [0.5, 0.6) is 0 Å². The summed E-state index contributed by atoms with van der Waals surface area (Å²) in [4.78, 5) is 0. The summed E-state index contributed by atoms with van der Waals surface area (Å²) < 4.78 is 19.1. The van der Waals surface area contributed by atoms with E-state index in [1.165, 1.54) is 6.07 Å². The lowest BCUT2D eigenvalue weighted by atomic mass is 10.1. The number of ether oxygens (including phenoxy) is 1. The van der Waals surface area contributed by atoms with Crippen molar-refractivity contribution in [2.24, 2.45) is 5.73 Å². The minimum atomic E-state index is -0.258. The molecule has 2 nitrogen and oxygen atoms in total. The van der Waals surface area contributed by atoms with Crippen molar-refractivity contribution < 1.29 is 9.13 Å². The highest BCUT2D eigenvalue weighted by Crippen LogP contribution is 2.12. The van der Waals surface area contributed by atoms with Gasteiger partial charge in [0.15, 0.2) is 0 Å². The van der Waals surface area contributed by atoms with Gasteiger partial charge in [0, 0.05) is 12.1 Å². The maximum absolute atomic E-state index is 13.6. The molecule has 0 radical (unpaired) electrons. The molecule has 0 aromatic heterocycles. The Labute approximate surface area is 106 Å². The molecule has 2 N–H and O–H groups in total. The molecule has 0 spiro atoms. The number of benzene rings is 2. The topological polar surface area (TPSA) is 35.2 Å². The molecule has 0 amide bonds. The van der Waals surface area contributed by atoms with Crippen molar-refractivity contribution in [1.82, 2.24) is 0 Å². The highest BCUT2D eigenvalue weighted by molar-refractivity contribution is 5.23. The van der Waals surface area contributed by atoms with Crippen molar-refractivity contribution in [2.75, 3.05) is 0 Å². The Bertz CT molecular complexity index is 499. The Balaban J connectivity index is 1.91. The van der Waals surface area contributed by atoms with Crippen molar-refractivity contribution in [3.05, 3.63) is 71.0 Å². The molecule has 0 unspecified atom stereocenters. The van der Waals surface area contributed by atoms with Gasteiger partial charge in [0.25, 0.3) is 0 Å². The van der Waals surface area contributed by atoms with Gasteiger partial charge >= 0.3 is 0 Å². The van der Waals surface area contributed by atoms with Crippen LogP contribution in [0.15, 0.2) is 48.5 Å². The highest BCUT2D eigenvalue weighted by Gasteiger charge is 2.03. The molecule has 0 saturated carbocycles. The van der Waals surface area contributed by atoms with Crippen LogP contribution in [0.3, 0.4) is 0 Å². The zero-order chi connectivity index (χ0) is 12.8. The fourth-order valence-electron chi connectivity index (χ4n) is 1.69. The molecule has 0 heterocycles. The van der Waals surface area contributed by atoms with E-state index in [4.69, 9.17) is 10.5 Å². The predicted molar refractivity (Wildman–Crippen MR) is 69.2 cm³/mol. The van der Waals surface area contributed by atoms with Crippen LogP contribution in [-0.2, 0) is 24.5 Å². The van der Waals surface area contributed by atoms with Crippen LogP contribution in [0, 0.1) is 5.82 Å². The first-order chi connectivity index (χ1) is 8.79. The molecule has 2 aromatic carbocycles. The van der Waals surface area contributed by atoms with Gasteiger partial charge in [0.1, 0.15) is 5.82 Å². The van der Waals surface area contributed by atoms with Gasteiger partial charge in [-0.2, -0.15) is 0 Å². The number of nitrogens with two attached hydrogens (primary N) is 1. The number of halogens is 1. The number of hydrogen-bond acceptors (Lipinski definition) is 2. The summed E-state index contributed by atoms with van der Waals surface area (Å²) in [5, 5.41) is 0. The smallest absolute Gasteiger partial charge is 0.129 e. The van der Waals surface area contributed by atoms with E-state index in [2.05, 4.69) is 0 Å². The first kappa shape index (κ1) is 12.7. The molecule has 2 rings (SSSR count). The fraction of sp³-hybridized carbons (Fsp3) is 0.200. The first-order valence-electron chi connectivity index (χ1n) is 5.88. The molecule has 2 aromatic rings. The molecule has 0 aliphatic carbocycles. The van der Waals surface area contributed by atoms with Crippen LogP contribution in [0.4, 0.5) is 4.39 Å². The van der Waals surface area contributed by atoms with E-state index < -0.39 is 0 Å². The zero-order valence-electron chi connectivity index (χ0n) is 10.1. The van der Waals surface area contributed by atoms with E-state index in [0.717, 1.165) is 11.1 Å². The largest absolute Gasteiger partial charge is 0.372 e. The summed E-state index contributed by atoms with van der Waals surface area (Å²) in [6, 6.07) is 14.8. The molecule has 0 fully saturated rings. The van der Waals surface area contributed by atoms with Gasteiger partial charge in [-0.1, -0.05) is 42.5 Å². The zero-order valence-corrected chi connectivity index (χ0v) is 10.1. The lowest BCUT2D eigenvalue weighted by molar-refractivity contribution is 0.105. The fourth-order valence-corrected chi connectivity index (χ4v) is 1.69. The van der Waals surface area contributed by atoms with E-state index in [1.54, 1.807) is 6.07 Å². The van der Waals surface area contributed by atoms with Crippen LogP contribution in [0.1, 0.15) is 16.7 Å². The number of rotatable bonds is 5. The summed E-state index contributed by atoms with van der Waals surface area (Å²) in [6.07, 6.45) is 0. The third kappa shape index (κ3) is 3.39. The Morgan fingerprint density at radius 2 is 1.72 bits per heavy atom. The van der Waals surface area contributed by atoms with Crippen LogP contribution >= 0.6 is 0 Å². The summed E-state index contributed by atoms with van der Waals surface area (Å²) in [7, 11) is 0. The van der Waals surface area contributed by atoms with Crippen molar-refractivity contribution in [2.45, 2.75) is 19.8 Å². The monoisotopic (exact) mass is 245 g/mol. The standard InChI is InChI=1S/C15H16FNO/c16-15-8-13(9-17)6-7-14(15)11-18-10-12-4-2-1-3-5-12/h1-8H,9-11,17H2. The van der Waals surface area contributed by atoms with Crippen LogP contribution in [0.25, 0.3) is 0 Å². The summed E-state index contributed by atoms with van der Waals surface area (Å²) in [5.41, 5.74) is 7.88. The van der Waals surface area contributed by atoms with Gasteiger partial charge in [-0.25, -0.2) is 4.39 Å². The third-order valence-electron chi connectivity index (χ3n) is 2.72. The molecule has 94 valence electrons. The average Bonchev–Trinajstić information content (AvgIpc) is 2.42. The maximum atomic E-state index is 13.6. The molecular weight excluding hydrogens is 229 g/mol. The lowest BCUT2D eigenvalue weighted by Gasteiger charge is -2.07. The van der Waals surface area contributed by atoms with E-state index in [0.29, 0.717) is 18.7 Å². The Morgan fingerprint density at radius 3 is 2.39 bits per heavy atom. The van der Waals surface area contributed by atoms with Gasteiger partial charge < -0.3 is 10.5 Å². The van der Waals surface area contributed by atoms with Crippen molar-refractivity contribution in [3.8, 4) is 0 Å². The van der Waals surface area contributed by atoms with Gasteiger partial charge in [0.05, 0.1) is 13.2 Å². The average molecular weight is 245 g/mol. The van der Waals surface area contributed by atoms with Crippen LogP contribution in [-0.4, -0.2) is 0 Å². The second-order valence-electron chi connectivity index (χ2n) is 4.11. The highest BCUT2D eigenvalue weighted by atomic mass is 19.1. The molecule has 0 saturated heterocycles. The summed E-state index contributed by atoms with van der Waals surface area (Å²) >= 11 is 0. The molecular formula is C15H16FNO. The van der Waals surface area contributed by atoms with E-state index in [-0.39, 0.29) is 12.4 Å². The van der Waals surface area contributed by atoms with Crippen LogP contribution < -0.4 is 5.73 Å². The van der Waals surface area contributed by atoms with Gasteiger partial charge in [-0.3, -0.25) is 0 Å². The van der Waals surface area contributed by atoms with E-state index >= 15 is 0 Å². The lowest BCUT2D eigenvalue weighted by Crippen LogP contribution is -2.00. The second kappa shape index (κ2) is 6.28. The Kier molecular flexibility index (Phi) is 4.45. The molecule has 0 bridgehead atoms. The Morgan fingerprint density at radius 1 is 0.944 bits per heavy atom. The summed E-state index contributed by atoms with van der Waals surface area (Å²) in [6.45, 7) is 1.10. The van der Waals surface area contributed by atoms with Gasteiger partial charge in [0.2, 0.25) is 0 Å². The van der Waals surface area contributed by atoms with Crippen molar-refractivity contribution in [3.63, 3.8) is 0 Å². The van der Waals surface area contributed by atoms with Crippen LogP contribution in [0.2, 0.25) is 0 Å². The number of hydrogen-bond donors (Lipinski definition) is 1. The van der Waals surface area contributed by atoms with E-state index in [9.17, 15) is 4.39 Å². The van der Waals surface area contributed by atoms with Crippen molar-refractivity contribution >= 4 is 0 Å². The molecule has 0 aliphatic rings. The predicted octanol–water partition coefficient (Wildman–Crippen LogP) is 3.00. The Hall–Kier alpha value is -1.71. The van der Waals surface area contributed by atoms with Gasteiger partial charge in [-0.05, 0) is 17.2 Å². The maximum Gasteiger partial charge on any atom is 0.129 e. The molecule has 0 atom stereocenters. The molecule has 3 heteroatoms. The minimum Gasteiger partial charge on any atom is -0.372 e. The minimum absolute atomic E-state index is 0.258. The van der Waals surface area contributed by atoms with Crippen molar-refractivity contribution in [1.29, 1.82) is 0 Å².